The molecule has 19 heavy (non-hydrogen) atoms. The number of carbonyl (C=O) groups is 1. The van der Waals surface area contributed by atoms with E-state index in [9.17, 15) is 4.79 Å². The standard InChI is InChI=1S/C15H13ClN2O/c16-12-8-6-11(7-9-12)14-10-15(19)17-18(14)13-4-2-1-3-5-13/h1-9,14H,10H2,(H,17,19). The highest BCUT2D eigenvalue weighted by atomic mass is 35.5. The molecular formula is C15H13ClN2O. The summed E-state index contributed by atoms with van der Waals surface area (Å²) >= 11 is 5.90. The third-order valence-electron chi connectivity index (χ3n) is 3.22. The van der Waals surface area contributed by atoms with Crippen molar-refractivity contribution in [3.05, 3.63) is 65.2 Å². The molecule has 0 spiro atoms. The molecule has 0 aliphatic carbocycles. The van der Waals surface area contributed by atoms with E-state index < -0.39 is 0 Å². The predicted octanol–water partition coefficient (Wildman–Crippen LogP) is 3.32. The van der Waals surface area contributed by atoms with Gasteiger partial charge >= 0.3 is 0 Å². The van der Waals surface area contributed by atoms with Crippen molar-refractivity contribution in [2.75, 3.05) is 5.01 Å². The zero-order valence-corrected chi connectivity index (χ0v) is 11.0. The van der Waals surface area contributed by atoms with Crippen LogP contribution in [0.15, 0.2) is 54.6 Å². The van der Waals surface area contributed by atoms with E-state index in [-0.39, 0.29) is 11.9 Å². The van der Waals surface area contributed by atoms with E-state index in [4.69, 9.17) is 11.6 Å². The summed E-state index contributed by atoms with van der Waals surface area (Å²) in [6.45, 7) is 0. The summed E-state index contributed by atoms with van der Waals surface area (Å²) < 4.78 is 0. The summed E-state index contributed by atoms with van der Waals surface area (Å²) in [6.07, 6.45) is 0.455. The van der Waals surface area contributed by atoms with Gasteiger partial charge in [0.2, 0.25) is 5.91 Å². The average Bonchev–Trinajstić information content (AvgIpc) is 2.83. The fraction of sp³-hybridized carbons (Fsp3) is 0.133. The fourth-order valence-electron chi connectivity index (χ4n) is 2.31. The van der Waals surface area contributed by atoms with E-state index in [1.165, 1.54) is 0 Å². The van der Waals surface area contributed by atoms with Crippen LogP contribution in [0, 0.1) is 0 Å². The van der Waals surface area contributed by atoms with Crippen molar-refractivity contribution in [1.82, 2.24) is 5.43 Å². The molecule has 0 bridgehead atoms. The molecule has 1 unspecified atom stereocenters. The molecule has 2 aromatic carbocycles. The Kier molecular flexibility index (Phi) is 3.13. The molecule has 1 fully saturated rings. The van der Waals surface area contributed by atoms with Gasteiger partial charge in [0.15, 0.2) is 0 Å². The van der Waals surface area contributed by atoms with Gasteiger partial charge in [-0.25, -0.2) is 0 Å². The number of hydrazine groups is 1. The molecule has 1 saturated heterocycles. The molecule has 4 heteroatoms. The van der Waals surface area contributed by atoms with Crippen LogP contribution in [-0.4, -0.2) is 5.91 Å². The van der Waals surface area contributed by atoms with E-state index >= 15 is 0 Å². The second-order valence-electron chi connectivity index (χ2n) is 4.51. The molecule has 0 saturated carbocycles. The Bertz CT molecular complexity index is 583. The normalized spacial score (nSPS) is 18.5. The Morgan fingerprint density at radius 1 is 1.05 bits per heavy atom. The Morgan fingerprint density at radius 3 is 2.42 bits per heavy atom. The number of nitrogens with one attached hydrogen (secondary N) is 1. The van der Waals surface area contributed by atoms with E-state index in [1.54, 1.807) is 0 Å². The van der Waals surface area contributed by atoms with Gasteiger partial charge in [-0.2, -0.15) is 0 Å². The quantitative estimate of drug-likeness (QED) is 0.910. The highest BCUT2D eigenvalue weighted by Crippen LogP contribution is 2.32. The summed E-state index contributed by atoms with van der Waals surface area (Å²) in [6, 6.07) is 17.5. The first-order valence-corrected chi connectivity index (χ1v) is 6.51. The first kappa shape index (κ1) is 12.1. The summed E-state index contributed by atoms with van der Waals surface area (Å²) in [7, 11) is 0. The Morgan fingerprint density at radius 2 is 1.74 bits per heavy atom. The predicted molar refractivity (Wildman–Crippen MR) is 75.9 cm³/mol. The van der Waals surface area contributed by atoms with Gasteiger partial charge in [0, 0.05) is 5.02 Å². The summed E-state index contributed by atoms with van der Waals surface area (Å²) in [4.78, 5) is 11.7. The van der Waals surface area contributed by atoms with Crippen LogP contribution in [0.1, 0.15) is 18.0 Å². The SMILES string of the molecule is O=C1CC(c2ccc(Cl)cc2)N(c2ccccc2)N1. The summed E-state index contributed by atoms with van der Waals surface area (Å²) in [5, 5.41) is 2.61. The van der Waals surface area contributed by atoms with Crippen LogP contribution in [-0.2, 0) is 4.79 Å². The number of para-hydroxylation sites is 1. The van der Waals surface area contributed by atoms with Gasteiger partial charge in [-0.1, -0.05) is 41.9 Å². The molecule has 3 rings (SSSR count). The lowest BCUT2D eigenvalue weighted by molar-refractivity contribution is -0.119. The topological polar surface area (TPSA) is 32.3 Å². The third-order valence-corrected chi connectivity index (χ3v) is 3.48. The molecule has 0 aromatic heterocycles. The van der Waals surface area contributed by atoms with Crippen LogP contribution in [0.5, 0.6) is 0 Å². The number of nitrogens with zero attached hydrogens (tertiary/aromatic N) is 1. The minimum atomic E-state index is 0.00664. The summed E-state index contributed by atoms with van der Waals surface area (Å²) in [5.74, 6) is 0.0313. The largest absolute Gasteiger partial charge is 0.278 e. The number of hydrogen-bond acceptors (Lipinski definition) is 2. The van der Waals surface area contributed by atoms with Crippen molar-refractivity contribution < 1.29 is 4.79 Å². The Labute approximate surface area is 116 Å². The number of rotatable bonds is 2. The van der Waals surface area contributed by atoms with Crippen molar-refractivity contribution >= 4 is 23.2 Å². The molecule has 1 aliphatic heterocycles. The maximum absolute atomic E-state index is 11.7. The third kappa shape index (κ3) is 2.42. The van der Waals surface area contributed by atoms with Crippen molar-refractivity contribution in [2.24, 2.45) is 0 Å². The van der Waals surface area contributed by atoms with Gasteiger partial charge in [0.1, 0.15) is 0 Å². The molecule has 1 amide bonds. The van der Waals surface area contributed by atoms with E-state index in [2.05, 4.69) is 5.43 Å². The van der Waals surface area contributed by atoms with E-state index in [0.717, 1.165) is 11.3 Å². The van der Waals surface area contributed by atoms with Crippen LogP contribution in [0.25, 0.3) is 0 Å². The van der Waals surface area contributed by atoms with Gasteiger partial charge in [0.25, 0.3) is 0 Å². The zero-order chi connectivity index (χ0) is 13.2. The van der Waals surface area contributed by atoms with Crippen LogP contribution in [0.4, 0.5) is 5.69 Å². The van der Waals surface area contributed by atoms with Crippen molar-refractivity contribution in [3.8, 4) is 0 Å². The highest BCUT2D eigenvalue weighted by Gasteiger charge is 2.31. The molecule has 1 atom stereocenters. The lowest BCUT2D eigenvalue weighted by atomic mass is 10.0. The molecule has 1 aliphatic rings. The number of carbonyl (C=O) groups excluding carboxylic acids is 1. The first-order chi connectivity index (χ1) is 9.24. The molecule has 3 nitrogen and oxygen atoms in total. The molecule has 1 heterocycles. The molecule has 0 radical (unpaired) electrons. The number of amides is 1. The van der Waals surface area contributed by atoms with Gasteiger partial charge in [-0.3, -0.25) is 15.2 Å². The maximum Gasteiger partial charge on any atom is 0.241 e. The van der Waals surface area contributed by atoms with Crippen molar-refractivity contribution in [3.63, 3.8) is 0 Å². The monoisotopic (exact) mass is 272 g/mol. The number of anilines is 1. The van der Waals surface area contributed by atoms with E-state index in [0.29, 0.717) is 11.4 Å². The number of hydrogen-bond donors (Lipinski definition) is 1. The minimum Gasteiger partial charge on any atom is -0.278 e. The average molecular weight is 273 g/mol. The van der Waals surface area contributed by atoms with Crippen LogP contribution < -0.4 is 10.4 Å². The molecule has 96 valence electrons. The van der Waals surface area contributed by atoms with Crippen LogP contribution in [0.3, 0.4) is 0 Å². The zero-order valence-electron chi connectivity index (χ0n) is 10.2. The van der Waals surface area contributed by atoms with Crippen molar-refractivity contribution in [1.29, 1.82) is 0 Å². The van der Waals surface area contributed by atoms with Crippen molar-refractivity contribution in [2.45, 2.75) is 12.5 Å². The second-order valence-corrected chi connectivity index (χ2v) is 4.95. The minimum absolute atomic E-state index is 0.00664. The second kappa shape index (κ2) is 4.94. The first-order valence-electron chi connectivity index (χ1n) is 6.13. The van der Waals surface area contributed by atoms with Crippen LogP contribution in [0.2, 0.25) is 5.02 Å². The van der Waals surface area contributed by atoms with Gasteiger partial charge in [-0.15, -0.1) is 0 Å². The highest BCUT2D eigenvalue weighted by molar-refractivity contribution is 6.30. The fourth-order valence-corrected chi connectivity index (χ4v) is 2.44. The maximum atomic E-state index is 11.7. The van der Waals surface area contributed by atoms with Gasteiger partial charge in [0.05, 0.1) is 18.2 Å². The smallest absolute Gasteiger partial charge is 0.241 e. The molecule has 1 N–H and O–H groups in total. The molecule has 2 aromatic rings. The lowest BCUT2D eigenvalue weighted by Crippen LogP contribution is -2.34. The number of benzene rings is 2. The molecular weight excluding hydrogens is 260 g/mol. The Hall–Kier alpha value is -2.00. The van der Waals surface area contributed by atoms with E-state index in [1.807, 2.05) is 59.6 Å². The van der Waals surface area contributed by atoms with Gasteiger partial charge in [-0.05, 0) is 29.8 Å². The van der Waals surface area contributed by atoms with Crippen LogP contribution >= 0.6 is 11.6 Å². The lowest BCUT2D eigenvalue weighted by Gasteiger charge is -2.25. The van der Waals surface area contributed by atoms with Gasteiger partial charge < -0.3 is 0 Å². The summed E-state index contributed by atoms with van der Waals surface area (Å²) in [5.41, 5.74) is 4.95. The number of halogens is 1. The Balaban J connectivity index is 1.95.